The summed E-state index contributed by atoms with van der Waals surface area (Å²) in [6, 6.07) is 5.70. The number of esters is 1. The van der Waals surface area contributed by atoms with Gasteiger partial charge in [-0.15, -0.1) is 0 Å². The van der Waals surface area contributed by atoms with Crippen LogP contribution in [0.2, 0.25) is 0 Å². The van der Waals surface area contributed by atoms with Crippen LogP contribution in [-0.4, -0.2) is 23.0 Å². The zero-order chi connectivity index (χ0) is 19.3. The van der Waals surface area contributed by atoms with Crippen LogP contribution in [0.25, 0.3) is 0 Å². The van der Waals surface area contributed by atoms with Gasteiger partial charge in [0.15, 0.2) is 0 Å². The fourth-order valence-corrected chi connectivity index (χ4v) is 6.56. The predicted molar refractivity (Wildman–Crippen MR) is 102 cm³/mol. The Kier molecular flexibility index (Phi) is 4.56. The molecular weight excluding hydrogens is 340 g/mol. The summed E-state index contributed by atoms with van der Waals surface area (Å²) in [4.78, 5) is 24.5. The number of hydrogen-bond acceptors (Lipinski definition) is 4. The smallest absolute Gasteiger partial charge is 0.302 e. The molecule has 0 unspecified atom stereocenters. The molecule has 0 amide bonds. The van der Waals surface area contributed by atoms with Crippen molar-refractivity contribution in [2.75, 3.05) is 0 Å². The van der Waals surface area contributed by atoms with Crippen molar-refractivity contribution >= 4 is 11.8 Å². The lowest BCUT2D eigenvalue weighted by atomic mass is 9.52. The first-order valence-electron chi connectivity index (χ1n) is 10.4. The normalized spacial score (nSPS) is 37.1. The van der Waals surface area contributed by atoms with Crippen LogP contribution < -0.4 is 0 Å². The van der Waals surface area contributed by atoms with Crippen LogP contribution in [-0.2, 0) is 20.7 Å². The molecule has 4 heteroatoms. The molecule has 0 aliphatic heterocycles. The number of hydrogen-bond donors (Lipinski definition) is 1. The first-order valence-corrected chi connectivity index (χ1v) is 10.4. The molecule has 6 atom stereocenters. The molecule has 2 saturated carbocycles. The second kappa shape index (κ2) is 6.65. The molecule has 146 valence electrons. The lowest BCUT2D eigenvalue weighted by Gasteiger charge is -2.52. The number of benzene rings is 1. The molecule has 0 spiro atoms. The number of carbonyl (C=O) groups excluding carboxylic acids is 2. The summed E-state index contributed by atoms with van der Waals surface area (Å²) in [5.41, 5.74) is 2.42. The molecule has 0 heterocycles. The monoisotopic (exact) mass is 370 g/mol. The topological polar surface area (TPSA) is 63.6 Å². The highest BCUT2D eigenvalue weighted by Gasteiger charge is 2.58. The van der Waals surface area contributed by atoms with Gasteiger partial charge in [-0.25, -0.2) is 0 Å². The largest absolute Gasteiger partial charge is 0.508 e. The summed E-state index contributed by atoms with van der Waals surface area (Å²) in [7, 11) is 0. The maximum absolute atomic E-state index is 12.9. The van der Waals surface area contributed by atoms with Crippen LogP contribution in [0.3, 0.4) is 0 Å². The number of phenols is 1. The minimum Gasteiger partial charge on any atom is -0.508 e. The molecule has 0 aromatic heterocycles. The fourth-order valence-electron chi connectivity index (χ4n) is 6.56. The van der Waals surface area contributed by atoms with Gasteiger partial charge in [-0.2, -0.15) is 0 Å². The fraction of sp³-hybridized carbons (Fsp3) is 0.652. The summed E-state index contributed by atoms with van der Waals surface area (Å²) in [5.74, 6) is 1.51. The first kappa shape index (κ1) is 18.5. The van der Waals surface area contributed by atoms with E-state index in [1.54, 1.807) is 6.07 Å². The van der Waals surface area contributed by atoms with Gasteiger partial charge in [-0.05, 0) is 73.1 Å². The highest BCUT2D eigenvalue weighted by Crippen LogP contribution is 2.63. The number of fused-ring (bicyclic) bond motifs is 5. The van der Waals surface area contributed by atoms with E-state index in [9.17, 15) is 14.7 Å². The molecule has 3 aliphatic carbocycles. The Morgan fingerprint density at radius 2 is 2.04 bits per heavy atom. The first-order chi connectivity index (χ1) is 12.8. The van der Waals surface area contributed by atoms with Crippen molar-refractivity contribution in [3.8, 4) is 5.75 Å². The summed E-state index contributed by atoms with van der Waals surface area (Å²) in [6.07, 6.45) is 5.21. The van der Waals surface area contributed by atoms with Crippen molar-refractivity contribution < 1.29 is 19.4 Å². The van der Waals surface area contributed by atoms with Gasteiger partial charge in [-0.3, -0.25) is 9.59 Å². The van der Waals surface area contributed by atoms with Crippen LogP contribution >= 0.6 is 0 Å². The van der Waals surface area contributed by atoms with E-state index in [4.69, 9.17) is 4.74 Å². The molecule has 1 aromatic rings. The van der Waals surface area contributed by atoms with E-state index in [0.717, 1.165) is 37.7 Å². The third-order valence-electron chi connectivity index (χ3n) is 7.75. The van der Waals surface area contributed by atoms with E-state index in [0.29, 0.717) is 30.0 Å². The third kappa shape index (κ3) is 2.88. The van der Waals surface area contributed by atoms with Crippen molar-refractivity contribution in [3.63, 3.8) is 0 Å². The zero-order valence-corrected chi connectivity index (χ0v) is 16.5. The molecular formula is C23H30O4. The number of aromatic hydroxyl groups is 1. The van der Waals surface area contributed by atoms with E-state index >= 15 is 0 Å². The molecule has 4 nitrogen and oxygen atoms in total. The Balaban J connectivity index is 1.74. The van der Waals surface area contributed by atoms with Gasteiger partial charge in [0.2, 0.25) is 0 Å². The maximum atomic E-state index is 12.9. The molecule has 0 radical (unpaired) electrons. The highest BCUT2D eigenvalue weighted by atomic mass is 16.5. The zero-order valence-electron chi connectivity index (χ0n) is 16.5. The maximum Gasteiger partial charge on any atom is 0.302 e. The van der Waals surface area contributed by atoms with Gasteiger partial charge in [0.05, 0.1) is 0 Å². The second-order valence-corrected chi connectivity index (χ2v) is 9.02. The summed E-state index contributed by atoms with van der Waals surface area (Å²) in [6.45, 7) is 5.72. The second-order valence-electron chi connectivity index (χ2n) is 9.02. The van der Waals surface area contributed by atoms with Gasteiger partial charge in [0, 0.05) is 24.7 Å². The van der Waals surface area contributed by atoms with Gasteiger partial charge < -0.3 is 9.84 Å². The lowest BCUT2D eigenvalue weighted by Crippen LogP contribution is -2.49. The molecule has 1 aromatic carbocycles. The third-order valence-corrected chi connectivity index (χ3v) is 7.75. The average molecular weight is 370 g/mol. The number of phenolic OH excluding ortho intramolecular Hbond substituents is 1. The van der Waals surface area contributed by atoms with Crippen LogP contribution in [0.15, 0.2) is 18.2 Å². The van der Waals surface area contributed by atoms with Crippen LogP contribution in [0.5, 0.6) is 5.75 Å². The molecule has 0 bridgehead atoms. The van der Waals surface area contributed by atoms with Crippen LogP contribution in [0, 0.1) is 23.2 Å². The van der Waals surface area contributed by atoms with Gasteiger partial charge in [-0.1, -0.05) is 19.9 Å². The number of ketones is 1. The quantitative estimate of drug-likeness (QED) is 0.802. The molecule has 4 rings (SSSR count). The predicted octanol–water partition coefficient (Wildman–Crippen LogP) is 4.39. The minimum atomic E-state index is -0.199. The van der Waals surface area contributed by atoms with E-state index in [2.05, 4.69) is 13.0 Å². The molecule has 27 heavy (non-hydrogen) atoms. The standard InChI is InChI=1S/C23H30O4/c1-4-20(26)18-12-14-11-15(25)5-6-16(14)17-9-10-23(3)19(22(17)18)7-8-21(23)27-13(2)24/h5-6,11,17-19,21-22,25H,4,7-10,12H2,1-3H3/t17-,18+,19+,21+,22+,23+/m1/s1. The molecule has 0 saturated heterocycles. The molecule has 3 aliphatic rings. The van der Waals surface area contributed by atoms with Gasteiger partial charge >= 0.3 is 5.97 Å². The lowest BCUT2D eigenvalue weighted by molar-refractivity contribution is -0.156. The van der Waals surface area contributed by atoms with E-state index in [1.807, 2.05) is 13.0 Å². The van der Waals surface area contributed by atoms with Gasteiger partial charge in [0.25, 0.3) is 0 Å². The molecule has 1 N–H and O–H groups in total. The van der Waals surface area contributed by atoms with Crippen molar-refractivity contribution in [1.82, 2.24) is 0 Å². The average Bonchev–Trinajstić information content (AvgIpc) is 2.95. The Labute approximate surface area is 161 Å². The summed E-state index contributed by atoms with van der Waals surface area (Å²) >= 11 is 0. The number of rotatable bonds is 3. The molecule has 2 fully saturated rings. The van der Waals surface area contributed by atoms with E-state index in [-0.39, 0.29) is 29.2 Å². The van der Waals surface area contributed by atoms with Crippen molar-refractivity contribution in [3.05, 3.63) is 29.3 Å². The Hall–Kier alpha value is -1.84. The Bertz CT molecular complexity index is 770. The van der Waals surface area contributed by atoms with Gasteiger partial charge in [0.1, 0.15) is 17.6 Å². The summed E-state index contributed by atoms with van der Waals surface area (Å²) < 4.78 is 5.71. The van der Waals surface area contributed by atoms with Crippen molar-refractivity contribution in [1.29, 1.82) is 0 Å². The van der Waals surface area contributed by atoms with Crippen molar-refractivity contribution in [2.24, 2.45) is 23.2 Å². The number of Topliss-reactive ketones (excluding diaryl/α,β-unsaturated/α-hetero) is 1. The highest BCUT2D eigenvalue weighted by molar-refractivity contribution is 5.82. The van der Waals surface area contributed by atoms with E-state index < -0.39 is 0 Å². The van der Waals surface area contributed by atoms with Crippen LogP contribution in [0.4, 0.5) is 0 Å². The Morgan fingerprint density at radius 1 is 1.26 bits per heavy atom. The summed E-state index contributed by atoms with van der Waals surface area (Å²) in [5, 5.41) is 9.94. The number of ether oxygens (including phenoxy) is 1. The SMILES string of the molecule is CCC(=O)[C@@H]1Cc2cc(O)ccc2[C@H]2CC[C@]3(C)[C@@H](OC(C)=O)CC[C@H]3[C@@H]21. The van der Waals surface area contributed by atoms with Crippen molar-refractivity contribution in [2.45, 2.75) is 71.3 Å². The minimum absolute atomic E-state index is 0.00926. The van der Waals surface area contributed by atoms with E-state index in [1.165, 1.54) is 12.5 Å². The van der Waals surface area contributed by atoms with Crippen LogP contribution in [0.1, 0.15) is 69.9 Å². The number of carbonyl (C=O) groups is 2. The Morgan fingerprint density at radius 3 is 2.74 bits per heavy atom.